The number of carbonyl (C=O) groups excluding carboxylic acids is 1. The van der Waals surface area contributed by atoms with E-state index in [-0.39, 0.29) is 23.8 Å². The molecule has 0 atom stereocenters. The van der Waals surface area contributed by atoms with E-state index >= 15 is 0 Å². The highest BCUT2D eigenvalue weighted by atomic mass is 16.5. The van der Waals surface area contributed by atoms with Gasteiger partial charge in [-0.1, -0.05) is 24.3 Å². The predicted octanol–water partition coefficient (Wildman–Crippen LogP) is 1.66. The van der Waals surface area contributed by atoms with Crippen molar-refractivity contribution in [1.82, 2.24) is 5.32 Å². The Morgan fingerprint density at radius 1 is 1.21 bits per heavy atom. The maximum atomic E-state index is 11.2. The molecule has 0 saturated carbocycles. The fourth-order valence-electron chi connectivity index (χ4n) is 1.72. The molecule has 0 bridgehead atoms. The van der Waals surface area contributed by atoms with E-state index in [4.69, 9.17) is 9.84 Å². The molecule has 0 aliphatic rings. The monoisotopic (exact) mass is 259 g/mol. The van der Waals surface area contributed by atoms with Gasteiger partial charge in [-0.2, -0.15) is 0 Å². The van der Waals surface area contributed by atoms with Crippen molar-refractivity contribution in [3.05, 3.63) is 42.0 Å². The Bertz CT molecular complexity index is 636. The molecule has 0 aliphatic carbocycles. The van der Waals surface area contributed by atoms with E-state index in [0.717, 1.165) is 10.8 Å². The molecular weight excluding hydrogens is 246 g/mol. The summed E-state index contributed by atoms with van der Waals surface area (Å²) in [4.78, 5) is 22.3. The van der Waals surface area contributed by atoms with Gasteiger partial charge >= 0.3 is 5.97 Å². The lowest BCUT2D eigenvalue weighted by Crippen LogP contribution is -2.25. The molecule has 0 radical (unpaired) electrons. The summed E-state index contributed by atoms with van der Waals surface area (Å²) in [6, 6.07) is 10.5. The molecule has 0 aliphatic heterocycles. The van der Waals surface area contributed by atoms with Crippen LogP contribution in [0.2, 0.25) is 0 Å². The molecular formula is C14H13NO4. The first-order valence-corrected chi connectivity index (χ1v) is 5.71. The SMILES string of the molecule is CNC(=O)COc1cc2ccccc2cc1C(=O)O. The van der Waals surface area contributed by atoms with Crippen molar-refractivity contribution < 1.29 is 19.4 Å². The van der Waals surface area contributed by atoms with Gasteiger partial charge in [-0.05, 0) is 22.9 Å². The molecule has 5 nitrogen and oxygen atoms in total. The standard InChI is InChI=1S/C14H13NO4/c1-15-13(16)8-19-12-7-10-5-3-2-4-9(10)6-11(12)14(17)18/h2-7H,8H2,1H3,(H,15,16)(H,17,18). The zero-order valence-electron chi connectivity index (χ0n) is 10.3. The van der Waals surface area contributed by atoms with Crippen molar-refractivity contribution in [2.24, 2.45) is 0 Å². The quantitative estimate of drug-likeness (QED) is 0.875. The molecule has 2 N–H and O–H groups in total. The van der Waals surface area contributed by atoms with Crippen LogP contribution >= 0.6 is 0 Å². The third-order valence-corrected chi connectivity index (χ3v) is 2.72. The van der Waals surface area contributed by atoms with Gasteiger partial charge in [0.1, 0.15) is 11.3 Å². The summed E-state index contributed by atoms with van der Waals surface area (Å²) in [6.45, 7) is -0.213. The van der Waals surface area contributed by atoms with Gasteiger partial charge in [-0.15, -0.1) is 0 Å². The number of fused-ring (bicyclic) bond motifs is 1. The summed E-state index contributed by atoms with van der Waals surface area (Å²) in [7, 11) is 1.49. The van der Waals surface area contributed by atoms with Gasteiger partial charge in [0, 0.05) is 7.05 Å². The van der Waals surface area contributed by atoms with Crippen molar-refractivity contribution in [3.8, 4) is 5.75 Å². The van der Waals surface area contributed by atoms with Crippen molar-refractivity contribution >= 4 is 22.6 Å². The lowest BCUT2D eigenvalue weighted by Gasteiger charge is -2.10. The number of carboxylic acids is 1. The Hall–Kier alpha value is -2.56. The van der Waals surface area contributed by atoms with Crippen LogP contribution in [0.3, 0.4) is 0 Å². The zero-order valence-corrected chi connectivity index (χ0v) is 10.3. The maximum Gasteiger partial charge on any atom is 0.339 e. The summed E-state index contributed by atoms with van der Waals surface area (Å²) < 4.78 is 5.27. The van der Waals surface area contributed by atoms with E-state index < -0.39 is 5.97 Å². The largest absolute Gasteiger partial charge is 0.483 e. The molecule has 0 saturated heterocycles. The van der Waals surface area contributed by atoms with E-state index in [9.17, 15) is 9.59 Å². The second kappa shape index (κ2) is 5.39. The Morgan fingerprint density at radius 2 is 1.84 bits per heavy atom. The van der Waals surface area contributed by atoms with Gasteiger partial charge < -0.3 is 15.2 Å². The number of aromatic carboxylic acids is 1. The minimum atomic E-state index is -1.09. The molecule has 0 aromatic heterocycles. The van der Waals surface area contributed by atoms with Crippen LogP contribution in [0.1, 0.15) is 10.4 Å². The number of nitrogens with one attached hydrogen (secondary N) is 1. The number of amides is 1. The first kappa shape index (κ1) is 12.9. The smallest absolute Gasteiger partial charge is 0.339 e. The average molecular weight is 259 g/mol. The second-order valence-corrected chi connectivity index (χ2v) is 3.96. The Labute approximate surface area is 109 Å². The van der Waals surface area contributed by atoms with Gasteiger partial charge in [-0.3, -0.25) is 4.79 Å². The summed E-state index contributed by atoms with van der Waals surface area (Å²) in [5.41, 5.74) is 0.0441. The third kappa shape index (κ3) is 2.82. The first-order chi connectivity index (χ1) is 9.11. The van der Waals surface area contributed by atoms with E-state index in [0.29, 0.717) is 0 Å². The number of rotatable bonds is 4. The fraction of sp³-hybridized carbons (Fsp3) is 0.143. The second-order valence-electron chi connectivity index (χ2n) is 3.96. The predicted molar refractivity (Wildman–Crippen MR) is 70.5 cm³/mol. The average Bonchev–Trinajstić information content (AvgIpc) is 2.43. The van der Waals surface area contributed by atoms with Crippen LogP contribution in [0.5, 0.6) is 5.75 Å². The number of benzene rings is 2. The van der Waals surface area contributed by atoms with Crippen molar-refractivity contribution in [2.45, 2.75) is 0 Å². The Balaban J connectivity index is 2.42. The van der Waals surface area contributed by atoms with E-state index in [2.05, 4.69) is 5.32 Å². The van der Waals surface area contributed by atoms with Gasteiger partial charge in [0.2, 0.25) is 0 Å². The summed E-state index contributed by atoms with van der Waals surface area (Å²) >= 11 is 0. The van der Waals surface area contributed by atoms with Gasteiger partial charge in [-0.25, -0.2) is 4.79 Å². The first-order valence-electron chi connectivity index (χ1n) is 5.71. The lowest BCUT2D eigenvalue weighted by atomic mass is 10.1. The van der Waals surface area contributed by atoms with Crippen LogP contribution in [0.15, 0.2) is 36.4 Å². The molecule has 2 aromatic carbocycles. The molecule has 0 spiro atoms. The highest BCUT2D eigenvalue weighted by Gasteiger charge is 2.13. The molecule has 19 heavy (non-hydrogen) atoms. The summed E-state index contributed by atoms with van der Waals surface area (Å²) in [5, 5.41) is 13.2. The molecule has 2 rings (SSSR count). The molecule has 5 heteroatoms. The highest BCUT2D eigenvalue weighted by Crippen LogP contribution is 2.26. The third-order valence-electron chi connectivity index (χ3n) is 2.72. The van der Waals surface area contributed by atoms with Gasteiger partial charge in [0.05, 0.1) is 0 Å². The lowest BCUT2D eigenvalue weighted by molar-refractivity contribution is -0.122. The summed E-state index contributed by atoms with van der Waals surface area (Å²) in [5.74, 6) is -1.21. The molecule has 0 fully saturated rings. The number of carboxylic acid groups (broad SMARTS) is 1. The molecule has 0 unspecified atom stereocenters. The number of hydrogen-bond donors (Lipinski definition) is 2. The number of carbonyl (C=O) groups is 2. The van der Waals surface area contributed by atoms with Crippen LogP contribution in [-0.2, 0) is 4.79 Å². The molecule has 98 valence electrons. The van der Waals surface area contributed by atoms with E-state index in [1.807, 2.05) is 24.3 Å². The Kier molecular flexibility index (Phi) is 3.66. The van der Waals surface area contributed by atoms with Crippen LogP contribution in [0.4, 0.5) is 0 Å². The molecule has 0 heterocycles. The molecule has 1 amide bonds. The number of hydrogen-bond acceptors (Lipinski definition) is 3. The van der Waals surface area contributed by atoms with Crippen LogP contribution in [0.25, 0.3) is 10.8 Å². The van der Waals surface area contributed by atoms with Gasteiger partial charge in [0.15, 0.2) is 6.61 Å². The van der Waals surface area contributed by atoms with E-state index in [1.165, 1.54) is 13.1 Å². The maximum absolute atomic E-state index is 11.2. The Morgan fingerprint density at radius 3 is 2.42 bits per heavy atom. The highest BCUT2D eigenvalue weighted by molar-refractivity contribution is 5.97. The van der Waals surface area contributed by atoms with Crippen molar-refractivity contribution in [1.29, 1.82) is 0 Å². The van der Waals surface area contributed by atoms with E-state index in [1.54, 1.807) is 6.07 Å². The van der Waals surface area contributed by atoms with Crippen LogP contribution < -0.4 is 10.1 Å². The zero-order chi connectivity index (χ0) is 13.8. The number of likely N-dealkylation sites (N-methyl/N-ethyl adjacent to an activating group) is 1. The van der Waals surface area contributed by atoms with Crippen LogP contribution in [0, 0.1) is 0 Å². The van der Waals surface area contributed by atoms with Crippen molar-refractivity contribution in [2.75, 3.05) is 13.7 Å². The minimum Gasteiger partial charge on any atom is -0.483 e. The van der Waals surface area contributed by atoms with Crippen molar-refractivity contribution in [3.63, 3.8) is 0 Å². The van der Waals surface area contributed by atoms with Gasteiger partial charge in [0.25, 0.3) is 5.91 Å². The molecule has 2 aromatic rings. The minimum absolute atomic E-state index is 0.0441. The summed E-state index contributed by atoms with van der Waals surface area (Å²) in [6.07, 6.45) is 0. The van der Waals surface area contributed by atoms with Crippen LogP contribution in [-0.4, -0.2) is 30.6 Å². The number of ether oxygens (including phenoxy) is 1. The fourth-order valence-corrected chi connectivity index (χ4v) is 1.72. The topological polar surface area (TPSA) is 75.6 Å². The normalized spacial score (nSPS) is 10.2.